The van der Waals surface area contributed by atoms with Crippen molar-refractivity contribution in [2.45, 2.75) is 110 Å². The molecule has 0 atom stereocenters. The topological polar surface area (TPSA) is 42.2 Å². The van der Waals surface area contributed by atoms with E-state index in [1.54, 1.807) is 0 Å². The number of amides is 1. The van der Waals surface area contributed by atoms with Gasteiger partial charge in [0.1, 0.15) is 5.75 Å². The summed E-state index contributed by atoms with van der Waals surface area (Å²) in [6.07, 6.45) is 23.2. The largest absolute Gasteiger partial charge is 0.494 e. The lowest BCUT2D eigenvalue weighted by atomic mass is 10.0. The molecule has 2 aromatic carbocycles. The molecule has 0 spiro atoms. The van der Waals surface area contributed by atoms with Crippen molar-refractivity contribution in [3.63, 3.8) is 0 Å². The van der Waals surface area contributed by atoms with Gasteiger partial charge >= 0.3 is 0 Å². The summed E-state index contributed by atoms with van der Waals surface area (Å²) in [7, 11) is 0. The van der Waals surface area contributed by atoms with Crippen LogP contribution in [0.5, 0.6) is 5.75 Å². The van der Waals surface area contributed by atoms with E-state index in [4.69, 9.17) is 16.3 Å². The van der Waals surface area contributed by atoms with E-state index in [0.717, 1.165) is 30.0 Å². The summed E-state index contributed by atoms with van der Waals surface area (Å²) < 4.78 is 8.03. The van der Waals surface area contributed by atoms with Gasteiger partial charge in [-0.1, -0.05) is 126 Å². The molecule has 0 unspecified atom stereocenters. The number of hydrogen-bond acceptors (Lipinski definition) is 2. The van der Waals surface area contributed by atoms with E-state index in [1.165, 1.54) is 89.0 Å². The van der Waals surface area contributed by atoms with Crippen molar-refractivity contribution in [1.29, 1.82) is 0 Å². The number of benzene rings is 2. The molecule has 1 aromatic heterocycles. The normalized spacial score (nSPS) is 11.0. The molecular weight excluding hydrogens is 528 g/mol. The fourth-order valence-corrected chi connectivity index (χ4v) is 5.31. The van der Waals surface area contributed by atoms with Crippen LogP contribution in [0.3, 0.4) is 0 Å². The Morgan fingerprint density at radius 1 is 0.756 bits per heavy atom. The molecule has 1 amide bonds. The first-order valence-electron chi connectivity index (χ1n) is 15.9. The van der Waals surface area contributed by atoms with E-state index in [0.29, 0.717) is 11.6 Å². The third-order valence-corrected chi connectivity index (χ3v) is 7.87. The molecule has 1 heterocycles. The molecule has 0 aliphatic heterocycles. The van der Waals surface area contributed by atoms with Crippen LogP contribution in [-0.4, -0.2) is 12.5 Å². The van der Waals surface area contributed by atoms with Crippen LogP contribution in [-0.2, 0) is 17.8 Å². The Bertz CT molecular complexity index is 1120. The molecule has 0 fully saturated rings. The Labute approximate surface area is 253 Å². The predicted molar refractivity (Wildman–Crippen MR) is 172 cm³/mol. The van der Waals surface area contributed by atoms with Crippen LogP contribution in [0.1, 0.15) is 108 Å². The molecule has 0 aliphatic carbocycles. The van der Waals surface area contributed by atoms with Gasteiger partial charge in [0.2, 0.25) is 5.91 Å². The summed E-state index contributed by atoms with van der Waals surface area (Å²) in [6.45, 7) is 3.77. The smallest absolute Gasteiger partial charge is 0.228 e. The molecule has 0 radical (unpaired) electrons. The maximum Gasteiger partial charge on any atom is 0.228 e. The first kappa shape index (κ1) is 32.7. The van der Waals surface area contributed by atoms with Crippen LogP contribution in [0.15, 0.2) is 73.1 Å². The summed E-state index contributed by atoms with van der Waals surface area (Å²) in [6, 6.07) is 19.6. The van der Waals surface area contributed by atoms with E-state index >= 15 is 0 Å². The standard InChI is InChI=1S/C36H49ClN2O2/c1-2-3-4-5-6-7-8-9-10-11-12-13-14-18-27-41-34-24-21-32(35(37)29-34)28-36(40)38-33-22-19-31(20-23-33)30-39-25-16-15-17-26-39/h15-17,19-26,29H,2-14,18,27-28,30H2,1H3/p+1. The van der Waals surface area contributed by atoms with E-state index in [2.05, 4.69) is 16.8 Å². The Morgan fingerprint density at radius 3 is 1.93 bits per heavy atom. The highest BCUT2D eigenvalue weighted by molar-refractivity contribution is 6.31. The average molecular weight is 578 g/mol. The number of hydrogen-bond donors (Lipinski definition) is 1. The van der Waals surface area contributed by atoms with Crippen LogP contribution in [0.4, 0.5) is 5.69 Å². The summed E-state index contributed by atoms with van der Waals surface area (Å²) in [5.74, 6) is 0.675. The molecule has 0 saturated carbocycles. The monoisotopic (exact) mass is 577 g/mol. The summed E-state index contributed by atoms with van der Waals surface area (Å²) in [4.78, 5) is 12.6. The number of ether oxygens (including phenoxy) is 1. The lowest BCUT2D eigenvalue weighted by Crippen LogP contribution is -2.32. The second-order valence-electron chi connectivity index (χ2n) is 11.2. The second-order valence-corrected chi connectivity index (χ2v) is 11.6. The quantitative estimate of drug-likeness (QED) is 0.101. The Hall–Kier alpha value is -2.85. The number of pyridine rings is 1. The number of nitrogens with zero attached hydrogens (tertiary/aromatic N) is 1. The van der Waals surface area contributed by atoms with Gasteiger partial charge in [0, 0.05) is 28.4 Å². The lowest BCUT2D eigenvalue weighted by molar-refractivity contribution is -0.688. The SMILES string of the molecule is CCCCCCCCCCCCCCCCOc1ccc(CC(=O)Nc2ccc(C[n+]3ccccc3)cc2)c(Cl)c1. The van der Waals surface area contributed by atoms with Gasteiger partial charge in [0.15, 0.2) is 18.9 Å². The lowest BCUT2D eigenvalue weighted by Gasteiger charge is -2.10. The van der Waals surface area contributed by atoms with Crippen molar-refractivity contribution >= 4 is 23.2 Å². The zero-order chi connectivity index (χ0) is 29.0. The van der Waals surface area contributed by atoms with Crippen LogP contribution < -0.4 is 14.6 Å². The van der Waals surface area contributed by atoms with Gasteiger partial charge in [-0.3, -0.25) is 4.79 Å². The molecule has 5 heteroatoms. The number of anilines is 1. The fourth-order valence-electron chi connectivity index (χ4n) is 5.07. The number of carbonyl (C=O) groups excluding carboxylic acids is 1. The zero-order valence-electron chi connectivity index (χ0n) is 25.1. The number of halogens is 1. The van der Waals surface area contributed by atoms with Crippen molar-refractivity contribution < 1.29 is 14.1 Å². The number of rotatable bonds is 21. The molecule has 4 nitrogen and oxygen atoms in total. The van der Waals surface area contributed by atoms with Crippen LogP contribution >= 0.6 is 11.6 Å². The van der Waals surface area contributed by atoms with Gasteiger partial charge in [0.05, 0.1) is 13.0 Å². The average Bonchev–Trinajstić information content (AvgIpc) is 2.98. The van der Waals surface area contributed by atoms with E-state index in [9.17, 15) is 4.79 Å². The first-order valence-corrected chi connectivity index (χ1v) is 16.3. The van der Waals surface area contributed by atoms with E-state index in [-0.39, 0.29) is 12.3 Å². The van der Waals surface area contributed by atoms with E-state index in [1.807, 2.05) is 73.1 Å². The molecule has 3 aromatic rings. The number of carbonyl (C=O) groups is 1. The Morgan fingerprint density at radius 2 is 1.34 bits per heavy atom. The van der Waals surface area contributed by atoms with Crippen molar-refractivity contribution in [1.82, 2.24) is 0 Å². The molecule has 222 valence electrons. The van der Waals surface area contributed by atoms with Gasteiger partial charge < -0.3 is 10.1 Å². The van der Waals surface area contributed by atoms with Crippen molar-refractivity contribution in [3.8, 4) is 5.75 Å². The van der Waals surface area contributed by atoms with Crippen molar-refractivity contribution in [2.24, 2.45) is 0 Å². The summed E-state index contributed by atoms with van der Waals surface area (Å²) in [5.41, 5.74) is 2.75. The van der Waals surface area contributed by atoms with Gasteiger partial charge in [-0.05, 0) is 36.2 Å². The fraction of sp³-hybridized carbons (Fsp3) is 0.500. The zero-order valence-corrected chi connectivity index (χ0v) is 25.8. The van der Waals surface area contributed by atoms with E-state index < -0.39 is 0 Å². The van der Waals surface area contributed by atoms with Crippen LogP contribution in [0.25, 0.3) is 0 Å². The van der Waals surface area contributed by atoms with Gasteiger partial charge in [-0.2, -0.15) is 0 Å². The molecule has 0 saturated heterocycles. The molecular formula is C36H50ClN2O2+. The van der Waals surface area contributed by atoms with Crippen molar-refractivity contribution in [2.75, 3.05) is 11.9 Å². The van der Waals surface area contributed by atoms with Gasteiger partial charge in [0.25, 0.3) is 0 Å². The van der Waals surface area contributed by atoms with Crippen molar-refractivity contribution in [3.05, 3.63) is 89.2 Å². The van der Waals surface area contributed by atoms with Crippen LogP contribution in [0, 0.1) is 0 Å². The molecule has 0 aliphatic rings. The number of aromatic nitrogens is 1. The molecule has 3 rings (SSSR count). The Balaban J connectivity index is 1.24. The number of nitrogens with one attached hydrogen (secondary N) is 1. The van der Waals surface area contributed by atoms with Crippen LogP contribution in [0.2, 0.25) is 5.02 Å². The third kappa shape index (κ3) is 14.1. The molecule has 41 heavy (non-hydrogen) atoms. The van der Waals surface area contributed by atoms with Gasteiger partial charge in [-0.25, -0.2) is 4.57 Å². The summed E-state index contributed by atoms with van der Waals surface area (Å²) >= 11 is 6.48. The minimum Gasteiger partial charge on any atom is -0.494 e. The second kappa shape index (κ2) is 20.1. The minimum absolute atomic E-state index is 0.0897. The molecule has 0 bridgehead atoms. The maximum absolute atomic E-state index is 12.6. The minimum atomic E-state index is -0.0897. The number of unbranched alkanes of at least 4 members (excludes halogenated alkanes) is 13. The Kier molecular flexibility index (Phi) is 16.0. The maximum atomic E-state index is 12.6. The molecule has 1 N–H and O–H groups in total. The highest BCUT2D eigenvalue weighted by atomic mass is 35.5. The first-order chi connectivity index (χ1) is 20.1. The van der Waals surface area contributed by atoms with Gasteiger partial charge in [-0.15, -0.1) is 0 Å². The summed E-state index contributed by atoms with van der Waals surface area (Å²) in [5, 5.41) is 3.54. The highest BCUT2D eigenvalue weighted by Crippen LogP contribution is 2.24. The highest BCUT2D eigenvalue weighted by Gasteiger charge is 2.10. The third-order valence-electron chi connectivity index (χ3n) is 7.52. The predicted octanol–water partition coefficient (Wildman–Crippen LogP) is 9.72.